The van der Waals surface area contributed by atoms with Gasteiger partial charge in [0.05, 0.1) is 37.0 Å². The molecule has 1 aromatic heterocycles. The van der Waals surface area contributed by atoms with Crippen LogP contribution in [0, 0.1) is 5.92 Å². The third kappa shape index (κ3) is 6.65. The topological polar surface area (TPSA) is 66.4 Å². The monoisotopic (exact) mass is 381 g/mol. The van der Waals surface area contributed by atoms with Gasteiger partial charge in [0, 0.05) is 13.0 Å². The molecule has 6 nitrogen and oxygen atoms in total. The standard InChI is InChI=1S/C19H27NO5S/c1-7-25-20-14(3)18-10-15(12-26-18)8-9-16(22-4)13(2)17(23-5)11-19(21)24-6/h8-13,16H,7H2,1-6H3/b9-8+,17-11+,20-14-/t13-,16+/m1/s1. The molecule has 0 saturated heterocycles. The van der Waals surface area contributed by atoms with Crippen LogP contribution in [0.5, 0.6) is 0 Å². The quantitative estimate of drug-likeness (QED) is 0.202. The summed E-state index contributed by atoms with van der Waals surface area (Å²) in [7, 11) is 4.47. The minimum absolute atomic E-state index is 0.153. The largest absolute Gasteiger partial charge is 0.500 e. The lowest BCUT2D eigenvalue weighted by Gasteiger charge is -2.21. The fourth-order valence-corrected chi connectivity index (χ4v) is 3.02. The van der Waals surface area contributed by atoms with Crippen molar-refractivity contribution in [2.24, 2.45) is 11.1 Å². The maximum atomic E-state index is 11.5. The average molecular weight is 381 g/mol. The third-order valence-electron chi connectivity index (χ3n) is 3.70. The van der Waals surface area contributed by atoms with Crippen LogP contribution in [0.25, 0.3) is 6.08 Å². The van der Waals surface area contributed by atoms with Crippen molar-refractivity contribution >= 4 is 29.1 Å². The Morgan fingerprint density at radius 3 is 2.62 bits per heavy atom. The van der Waals surface area contributed by atoms with Gasteiger partial charge < -0.3 is 19.0 Å². The molecular weight excluding hydrogens is 354 g/mol. The fraction of sp³-hybridized carbons (Fsp3) is 0.474. The molecule has 0 aliphatic carbocycles. The maximum absolute atomic E-state index is 11.5. The molecule has 0 radical (unpaired) electrons. The number of rotatable bonds is 10. The summed E-state index contributed by atoms with van der Waals surface area (Å²) in [4.78, 5) is 17.6. The highest BCUT2D eigenvalue weighted by Crippen LogP contribution is 2.22. The van der Waals surface area contributed by atoms with Gasteiger partial charge in [-0.3, -0.25) is 0 Å². The van der Waals surface area contributed by atoms with E-state index in [1.54, 1.807) is 18.4 Å². The second-order valence-electron chi connectivity index (χ2n) is 5.46. The second kappa shape index (κ2) is 11.5. The first kappa shape index (κ1) is 21.9. The molecule has 0 bridgehead atoms. The summed E-state index contributed by atoms with van der Waals surface area (Å²) in [6, 6.07) is 2.04. The van der Waals surface area contributed by atoms with Crippen molar-refractivity contribution in [3.8, 4) is 0 Å². The molecule has 0 saturated carbocycles. The van der Waals surface area contributed by atoms with Crippen LogP contribution in [0.3, 0.4) is 0 Å². The average Bonchev–Trinajstić information content (AvgIpc) is 3.13. The Labute approximate surface area is 159 Å². The summed E-state index contributed by atoms with van der Waals surface area (Å²) in [6.45, 7) is 6.28. The Hall–Kier alpha value is -2.12. The molecule has 0 amide bonds. The lowest BCUT2D eigenvalue weighted by Crippen LogP contribution is -2.21. The van der Waals surface area contributed by atoms with Gasteiger partial charge in [-0.2, -0.15) is 0 Å². The summed E-state index contributed by atoms with van der Waals surface area (Å²) in [5.74, 6) is -0.113. The fourth-order valence-electron chi connectivity index (χ4n) is 2.20. The Morgan fingerprint density at radius 2 is 2.04 bits per heavy atom. The molecule has 0 fully saturated rings. The normalized spacial score (nSPS) is 15.0. The first-order valence-electron chi connectivity index (χ1n) is 8.26. The van der Waals surface area contributed by atoms with E-state index in [0.29, 0.717) is 12.4 Å². The zero-order valence-corrected chi connectivity index (χ0v) is 17.0. The van der Waals surface area contributed by atoms with E-state index in [1.165, 1.54) is 20.3 Å². The molecule has 1 rings (SSSR count). The number of carbonyl (C=O) groups is 1. The molecule has 0 spiro atoms. The summed E-state index contributed by atoms with van der Waals surface area (Å²) in [5.41, 5.74) is 1.89. The molecule has 2 atom stereocenters. The third-order valence-corrected chi connectivity index (χ3v) is 4.75. The van der Waals surface area contributed by atoms with Crippen molar-refractivity contribution in [2.75, 3.05) is 27.9 Å². The van der Waals surface area contributed by atoms with Crippen molar-refractivity contribution in [3.05, 3.63) is 39.8 Å². The number of thiophene rings is 1. The summed E-state index contributed by atoms with van der Waals surface area (Å²) >= 11 is 1.60. The van der Waals surface area contributed by atoms with Crippen LogP contribution in [0.1, 0.15) is 31.2 Å². The predicted octanol–water partition coefficient (Wildman–Crippen LogP) is 3.88. The molecule has 0 aromatic carbocycles. The highest BCUT2D eigenvalue weighted by Gasteiger charge is 2.20. The van der Waals surface area contributed by atoms with Gasteiger partial charge in [0.15, 0.2) is 0 Å². The van der Waals surface area contributed by atoms with E-state index >= 15 is 0 Å². The van der Waals surface area contributed by atoms with Gasteiger partial charge in [-0.25, -0.2) is 4.79 Å². The summed E-state index contributed by atoms with van der Waals surface area (Å²) in [5, 5.41) is 6.08. The van der Waals surface area contributed by atoms with Crippen LogP contribution >= 0.6 is 11.3 Å². The van der Waals surface area contributed by atoms with Gasteiger partial charge in [-0.05, 0) is 30.9 Å². The van der Waals surface area contributed by atoms with E-state index in [9.17, 15) is 4.79 Å². The number of oxime groups is 1. The number of hydrogen-bond acceptors (Lipinski definition) is 7. The molecular formula is C19H27NO5S. The number of methoxy groups -OCH3 is 3. The smallest absolute Gasteiger partial charge is 0.333 e. The van der Waals surface area contributed by atoms with E-state index in [0.717, 1.165) is 16.2 Å². The molecule has 26 heavy (non-hydrogen) atoms. The van der Waals surface area contributed by atoms with Crippen molar-refractivity contribution < 1.29 is 23.8 Å². The van der Waals surface area contributed by atoms with Gasteiger partial charge in [0.1, 0.15) is 12.4 Å². The van der Waals surface area contributed by atoms with Crippen LogP contribution in [0.4, 0.5) is 0 Å². The van der Waals surface area contributed by atoms with Crippen molar-refractivity contribution in [1.82, 2.24) is 0 Å². The zero-order chi connectivity index (χ0) is 19.5. The summed E-state index contributed by atoms with van der Waals surface area (Å²) < 4.78 is 15.5. The van der Waals surface area contributed by atoms with Crippen LogP contribution in [0.2, 0.25) is 0 Å². The SMILES string of the molecule is CCO/N=C(/C)c1cc(/C=C/[C@H](OC)[C@@H](C)/C(=C\C(=O)OC)OC)cs1. The lowest BCUT2D eigenvalue weighted by atomic mass is 10.0. The number of ether oxygens (including phenoxy) is 3. The predicted molar refractivity (Wildman–Crippen MR) is 104 cm³/mol. The minimum atomic E-state index is -0.459. The molecule has 0 aliphatic heterocycles. The van der Waals surface area contributed by atoms with Gasteiger partial charge in [-0.15, -0.1) is 11.3 Å². The van der Waals surface area contributed by atoms with E-state index in [1.807, 2.05) is 44.4 Å². The molecule has 0 N–H and O–H groups in total. The first-order chi connectivity index (χ1) is 12.5. The first-order valence-corrected chi connectivity index (χ1v) is 9.14. The van der Waals surface area contributed by atoms with Gasteiger partial charge in [0.2, 0.25) is 0 Å². The molecule has 1 aromatic rings. The number of esters is 1. The Morgan fingerprint density at radius 1 is 1.31 bits per heavy atom. The molecule has 144 valence electrons. The van der Waals surface area contributed by atoms with Crippen LogP contribution in [-0.4, -0.2) is 45.7 Å². The Bertz CT molecular complexity index is 663. The van der Waals surface area contributed by atoms with E-state index < -0.39 is 5.97 Å². The molecule has 0 aliphatic rings. The van der Waals surface area contributed by atoms with E-state index in [-0.39, 0.29) is 12.0 Å². The van der Waals surface area contributed by atoms with Crippen LogP contribution in [-0.2, 0) is 23.8 Å². The summed E-state index contributed by atoms with van der Waals surface area (Å²) in [6.07, 6.45) is 4.99. The van der Waals surface area contributed by atoms with Gasteiger partial charge in [0.25, 0.3) is 0 Å². The van der Waals surface area contributed by atoms with Gasteiger partial charge >= 0.3 is 5.97 Å². The Balaban J connectivity index is 2.88. The second-order valence-corrected chi connectivity index (χ2v) is 6.37. The maximum Gasteiger partial charge on any atom is 0.333 e. The van der Waals surface area contributed by atoms with Crippen LogP contribution in [0.15, 0.2) is 34.5 Å². The molecule has 1 heterocycles. The molecule has 7 heteroatoms. The molecule has 0 unspecified atom stereocenters. The van der Waals surface area contributed by atoms with E-state index in [2.05, 4.69) is 9.89 Å². The number of hydrogen-bond donors (Lipinski definition) is 0. The lowest BCUT2D eigenvalue weighted by molar-refractivity contribution is -0.135. The van der Waals surface area contributed by atoms with Crippen molar-refractivity contribution in [1.29, 1.82) is 0 Å². The number of carbonyl (C=O) groups excluding carboxylic acids is 1. The highest BCUT2D eigenvalue weighted by molar-refractivity contribution is 7.12. The van der Waals surface area contributed by atoms with E-state index in [4.69, 9.17) is 14.3 Å². The van der Waals surface area contributed by atoms with Gasteiger partial charge in [-0.1, -0.05) is 24.2 Å². The van der Waals surface area contributed by atoms with Crippen molar-refractivity contribution in [2.45, 2.75) is 26.9 Å². The van der Waals surface area contributed by atoms with Crippen LogP contribution < -0.4 is 0 Å². The number of nitrogens with zero attached hydrogens (tertiary/aromatic N) is 1. The minimum Gasteiger partial charge on any atom is -0.500 e. The highest BCUT2D eigenvalue weighted by atomic mass is 32.1. The zero-order valence-electron chi connectivity index (χ0n) is 16.1. The van der Waals surface area contributed by atoms with Crippen molar-refractivity contribution in [3.63, 3.8) is 0 Å². The Kier molecular flexibility index (Phi) is 9.69.